The Balaban J connectivity index is 2.15. The number of rotatable bonds is 17. The Hall–Kier alpha value is -4.45. The van der Waals surface area contributed by atoms with Crippen molar-refractivity contribution in [2.24, 2.45) is 11.5 Å². The first-order valence-electron chi connectivity index (χ1n) is 13.0. The number of primary amides is 1. The second-order valence-corrected chi connectivity index (χ2v) is 9.20. The summed E-state index contributed by atoms with van der Waals surface area (Å²) in [6, 6.07) is 14.4. The van der Waals surface area contributed by atoms with Gasteiger partial charge in [-0.15, -0.1) is 0 Å². The molecule has 40 heavy (non-hydrogen) atoms. The second-order valence-electron chi connectivity index (χ2n) is 9.20. The lowest BCUT2D eigenvalue weighted by atomic mass is 10.0. The summed E-state index contributed by atoms with van der Waals surface area (Å²) in [7, 11) is 0. The molecule has 216 valence electrons. The van der Waals surface area contributed by atoms with E-state index in [1.165, 1.54) is 0 Å². The van der Waals surface area contributed by atoms with Crippen LogP contribution in [0.15, 0.2) is 60.7 Å². The first kappa shape index (κ1) is 31.8. The molecule has 0 saturated carbocycles. The Labute approximate surface area is 232 Å². The van der Waals surface area contributed by atoms with Crippen LogP contribution in [0.5, 0.6) is 0 Å². The van der Waals surface area contributed by atoms with E-state index in [2.05, 4.69) is 16.0 Å². The summed E-state index contributed by atoms with van der Waals surface area (Å²) >= 11 is 0. The number of hydrogen-bond acceptors (Lipinski definition) is 7. The van der Waals surface area contributed by atoms with Crippen LogP contribution in [0.2, 0.25) is 0 Å². The summed E-state index contributed by atoms with van der Waals surface area (Å²) in [5, 5.41) is 17.0. The van der Waals surface area contributed by atoms with Gasteiger partial charge in [-0.1, -0.05) is 60.7 Å². The van der Waals surface area contributed by atoms with Crippen LogP contribution in [-0.2, 0) is 36.9 Å². The highest BCUT2D eigenvalue weighted by atomic mass is 16.5. The summed E-state index contributed by atoms with van der Waals surface area (Å²) in [6.45, 7) is 0.364. The standard InChI is InChI=1S/C28H37N5O7/c29-16-8-7-13-21(25(35)32-22(27(37)38)14-15-24(30)34)31-26(36)23(17-19-9-3-1-4-10-19)33-28(39)40-18-20-11-5-2-6-12-20/h1-6,9-12,21-23H,7-8,13-18,29H2,(H2,30,34)(H,31,36)(H,32,35)(H,33,39)(H,37,38)/t21-,22-,23-/m0/s1. The van der Waals surface area contributed by atoms with E-state index in [1.54, 1.807) is 48.5 Å². The van der Waals surface area contributed by atoms with Gasteiger partial charge in [0, 0.05) is 12.8 Å². The molecule has 8 N–H and O–H groups in total. The van der Waals surface area contributed by atoms with Gasteiger partial charge in [-0.2, -0.15) is 0 Å². The highest BCUT2D eigenvalue weighted by molar-refractivity contribution is 5.93. The number of carboxylic acid groups (broad SMARTS) is 1. The van der Waals surface area contributed by atoms with E-state index in [0.29, 0.717) is 19.4 Å². The number of carbonyl (C=O) groups is 5. The molecule has 0 bridgehead atoms. The zero-order chi connectivity index (χ0) is 29.3. The first-order valence-corrected chi connectivity index (χ1v) is 13.0. The molecule has 12 nitrogen and oxygen atoms in total. The Bertz CT molecular complexity index is 1110. The summed E-state index contributed by atoms with van der Waals surface area (Å²) < 4.78 is 5.28. The van der Waals surface area contributed by atoms with Crippen molar-refractivity contribution in [1.82, 2.24) is 16.0 Å². The van der Waals surface area contributed by atoms with E-state index in [1.807, 2.05) is 12.1 Å². The molecule has 0 unspecified atom stereocenters. The third kappa shape index (κ3) is 11.9. The van der Waals surface area contributed by atoms with E-state index in [9.17, 15) is 29.1 Å². The van der Waals surface area contributed by atoms with Crippen molar-refractivity contribution in [2.75, 3.05) is 6.54 Å². The molecule has 0 aliphatic rings. The van der Waals surface area contributed by atoms with Crippen LogP contribution in [0, 0.1) is 0 Å². The molecule has 0 fully saturated rings. The number of carbonyl (C=O) groups excluding carboxylic acids is 4. The fourth-order valence-electron chi connectivity index (χ4n) is 3.82. The SMILES string of the molecule is NCCCC[C@H](NC(=O)[C@H](Cc1ccccc1)NC(=O)OCc1ccccc1)C(=O)N[C@@H](CCC(N)=O)C(=O)O. The highest BCUT2D eigenvalue weighted by Crippen LogP contribution is 2.08. The van der Waals surface area contributed by atoms with Gasteiger partial charge in [0.25, 0.3) is 0 Å². The van der Waals surface area contributed by atoms with Crippen molar-refractivity contribution in [3.63, 3.8) is 0 Å². The zero-order valence-electron chi connectivity index (χ0n) is 22.2. The topological polar surface area (TPSA) is 203 Å². The van der Waals surface area contributed by atoms with E-state index >= 15 is 0 Å². The number of aliphatic carboxylic acids is 1. The number of alkyl carbamates (subject to hydrolysis) is 1. The molecule has 0 aliphatic carbocycles. The maximum atomic E-state index is 13.4. The minimum Gasteiger partial charge on any atom is -0.480 e. The van der Waals surface area contributed by atoms with E-state index in [4.69, 9.17) is 16.2 Å². The lowest BCUT2D eigenvalue weighted by molar-refractivity contribution is -0.142. The Kier molecular flexibility index (Phi) is 13.7. The molecule has 0 radical (unpaired) electrons. The molecule has 0 aromatic heterocycles. The number of amides is 4. The number of ether oxygens (including phenoxy) is 1. The molecule has 4 amide bonds. The normalized spacial score (nSPS) is 12.8. The van der Waals surface area contributed by atoms with Crippen molar-refractivity contribution in [3.05, 3.63) is 71.8 Å². The lowest BCUT2D eigenvalue weighted by Crippen LogP contribution is -2.56. The Morgan fingerprint density at radius 2 is 1.32 bits per heavy atom. The highest BCUT2D eigenvalue weighted by Gasteiger charge is 2.30. The molecule has 0 spiro atoms. The molecular formula is C28H37N5O7. The number of benzene rings is 2. The number of carboxylic acids is 1. The molecule has 0 heterocycles. The molecular weight excluding hydrogens is 518 g/mol. The second kappa shape index (κ2) is 17.2. The predicted octanol–water partition coefficient (Wildman–Crippen LogP) is 0.973. The van der Waals surface area contributed by atoms with Gasteiger partial charge in [0.05, 0.1) is 0 Å². The van der Waals surface area contributed by atoms with Crippen molar-refractivity contribution >= 4 is 29.8 Å². The van der Waals surface area contributed by atoms with Crippen LogP contribution in [0.1, 0.15) is 43.2 Å². The fourth-order valence-corrected chi connectivity index (χ4v) is 3.82. The van der Waals surface area contributed by atoms with Crippen molar-refractivity contribution in [1.29, 1.82) is 0 Å². The summed E-state index contributed by atoms with van der Waals surface area (Å²) in [6.07, 6.45) is 0.0708. The molecule has 2 aromatic rings. The van der Waals surface area contributed by atoms with Gasteiger partial charge < -0.3 is 37.3 Å². The largest absolute Gasteiger partial charge is 0.480 e. The third-order valence-electron chi connectivity index (χ3n) is 5.98. The minimum absolute atomic E-state index is 0.00164. The Morgan fingerprint density at radius 3 is 1.90 bits per heavy atom. The predicted molar refractivity (Wildman–Crippen MR) is 147 cm³/mol. The first-order chi connectivity index (χ1) is 19.2. The van der Waals surface area contributed by atoms with E-state index < -0.39 is 47.9 Å². The minimum atomic E-state index is -1.37. The van der Waals surface area contributed by atoms with Crippen molar-refractivity contribution < 1.29 is 33.8 Å². The van der Waals surface area contributed by atoms with Crippen molar-refractivity contribution in [2.45, 2.75) is 63.3 Å². The van der Waals surface area contributed by atoms with Gasteiger partial charge in [-0.05, 0) is 43.4 Å². The smallest absolute Gasteiger partial charge is 0.408 e. The van der Waals surface area contributed by atoms with Crippen LogP contribution in [0.4, 0.5) is 4.79 Å². The molecule has 0 aliphatic heterocycles. The molecule has 12 heteroatoms. The van der Waals surface area contributed by atoms with Gasteiger partial charge in [0.15, 0.2) is 0 Å². The van der Waals surface area contributed by atoms with Gasteiger partial charge >= 0.3 is 12.1 Å². The number of hydrogen-bond donors (Lipinski definition) is 6. The van der Waals surface area contributed by atoms with Crippen LogP contribution in [-0.4, -0.2) is 59.6 Å². The van der Waals surface area contributed by atoms with Crippen LogP contribution >= 0.6 is 0 Å². The van der Waals surface area contributed by atoms with Crippen molar-refractivity contribution in [3.8, 4) is 0 Å². The summed E-state index contributed by atoms with van der Waals surface area (Å²) in [5.41, 5.74) is 12.2. The maximum absolute atomic E-state index is 13.4. The van der Waals surface area contributed by atoms with Gasteiger partial charge in [-0.3, -0.25) is 14.4 Å². The average molecular weight is 556 g/mol. The van der Waals surface area contributed by atoms with E-state index in [0.717, 1.165) is 11.1 Å². The number of unbranched alkanes of at least 4 members (excludes halogenated alkanes) is 1. The quantitative estimate of drug-likeness (QED) is 0.155. The lowest BCUT2D eigenvalue weighted by Gasteiger charge is -2.24. The van der Waals surface area contributed by atoms with Crippen LogP contribution in [0.25, 0.3) is 0 Å². The van der Waals surface area contributed by atoms with Crippen LogP contribution in [0.3, 0.4) is 0 Å². The summed E-state index contributed by atoms with van der Waals surface area (Å²) in [5.74, 6) is -3.45. The van der Waals surface area contributed by atoms with Gasteiger partial charge in [-0.25, -0.2) is 9.59 Å². The number of nitrogens with two attached hydrogens (primary N) is 2. The summed E-state index contributed by atoms with van der Waals surface area (Å²) in [4.78, 5) is 61.7. The fraction of sp³-hybridized carbons (Fsp3) is 0.393. The monoisotopic (exact) mass is 555 g/mol. The molecule has 0 saturated heterocycles. The Morgan fingerprint density at radius 1 is 0.750 bits per heavy atom. The zero-order valence-corrected chi connectivity index (χ0v) is 22.2. The molecule has 2 aromatic carbocycles. The third-order valence-corrected chi connectivity index (χ3v) is 5.98. The van der Waals surface area contributed by atoms with Gasteiger partial charge in [0.1, 0.15) is 24.7 Å². The molecule has 2 rings (SSSR count). The molecule has 3 atom stereocenters. The van der Waals surface area contributed by atoms with E-state index in [-0.39, 0.29) is 32.3 Å². The maximum Gasteiger partial charge on any atom is 0.408 e. The number of nitrogens with one attached hydrogen (secondary N) is 3. The van der Waals surface area contributed by atoms with Gasteiger partial charge in [0.2, 0.25) is 17.7 Å². The average Bonchev–Trinajstić information content (AvgIpc) is 2.94. The van der Waals surface area contributed by atoms with Crippen LogP contribution < -0.4 is 27.4 Å².